The summed E-state index contributed by atoms with van der Waals surface area (Å²) in [7, 11) is 2.02. The van der Waals surface area contributed by atoms with Gasteiger partial charge in [0, 0.05) is 6.54 Å². The zero-order valence-electron chi connectivity index (χ0n) is 23.8. The number of rotatable bonds is 5. The summed E-state index contributed by atoms with van der Waals surface area (Å²) in [6.07, 6.45) is 17.4. The maximum Gasteiger partial charge on any atom is 0.0105 e. The molecule has 5 fully saturated rings. The molecule has 0 saturated heterocycles. The molecule has 2 nitrogen and oxygen atoms in total. The molecule has 9 unspecified atom stereocenters. The average Bonchev–Trinajstić information content (AvgIpc) is 3.14. The second-order valence-electron chi connectivity index (χ2n) is 15.3. The third kappa shape index (κ3) is 3.32. The van der Waals surface area contributed by atoms with Crippen LogP contribution in [-0.2, 0) is 0 Å². The summed E-state index contributed by atoms with van der Waals surface area (Å²) in [5.41, 5.74) is 10.8. The van der Waals surface area contributed by atoms with Crippen LogP contribution in [0, 0.1) is 56.7 Å². The van der Waals surface area contributed by atoms with E-state index >= 15 is 0 Å². The average molecular weight is 469 g/mol. The lowest BCUT2D eigenvalue weighted by atomic mass is 9.32. The van der Waals surface area contributed by atoms with Gasteiger partial charge >= 0.3 is 0 Å². The molecule has 0 amide bonds. The molecule has 0 radical (unpaired) electrons. The molecule has 9 atom stereocenters. The normalized spacial score (nSPS) is 51.7. The Morgan fingerprint density at radius 1 is 0.824 bits per heavy atom. The van der Waals surface area contributed by atoms with Gasteiger partial charge in [0.05, 0.1) is 0 Å². The molecule has 194 valence electrons. The number of hydrogen-bond acceptors (Lipinski definition) is 2. The Bertz CT molecular complexity index is 801. The lowest BCUT2D eigenvalue weighted by molar-refractivity contribution is -0.236. The first-order valence-corrected chi connectivity index (χ1v) is 15.0. The first kappa shape index (κ1) is 25.3. The van der Waals surface area contributed by atoms with Crippen molar-refractivity contribution >= 4 is 0 Å². The van der Waals surface area contributed by atoms with Crippen molar-refractivity contribution in [3.8, 4) is 0 Å². The molecular weight excluding hydrogens is 412 g/mol. The van der Waals surface area contributed by atoms with Crippen LogP contribution in [0.1, 0.15) is 119 Å². The predicted molar refractivity (Wildman–Crippen MR) is 145 cm³/mol. The largest absolute Gasteiger partial charge is 0.261 e. The smallest absolute Gasteiger partial charge is 0.0105 e. The fourth-order valence-corrected chi connectivity index (χ4v) is 12.2. The monoisotopic (exact) mass is 468 g/mol. The van der Waals surface area contributed by atoms with Gasteiger partial charge in [-0.05, 0) is 141 Å². The van der Waals surface area contributed by atoms with Crippen LogP contribution in [0.4, 0.5) is 0 Å². The molecule has 2 heteroatoms. The van der Waals surface area contributed by atoms with Crippen molar-refractivity contribution in [1.29, 1.82) is 0 Å². The summed E-state index contributed by atoms with van der Waals surface area (Å²) in [6, 6.07) is 0. The summed E-state index contributed by atoms with van der Waals surface area (Å²) in [5.74, 6) is 4.34. The van der Waals surface area contributed by atoms with E-state index in [2.05, 4.69) is 59.0 Å². The van der Waals surface area contributed by atoms with E-state index in [9.17, 15) is 0 Å². The van der Waals surface area contributed by atoms with Crippen LogP contribution in [0.15, 0.2) is 12.2 Å². The van der Waals surface area contributed by atoms with E-state index in [0.29, 0.717) is 27.1 Å². The van der Waals surface area contributed by atoms with E-state index in [4.69, 9.17) is 0 Å². The summed E-state index contributed by atoms with van der Waals surface area (Å²) in [5, 5.41) is 0. The van der Waals surface area contributed by atoms with Gasteiger partial charge in [0.15, 0.2) is 0 Å². The SMILES string of the molecule is C=C(C)C1CCC2(CCNNC)CCC3(C)C(CCC4C5(C)CCCC(C)(C)C5CCC43C)C12. The molecule has 0 aromatic carbocycles. The van der Waals surface area contributed by atoms with Gasteiger partial charge in [-0.25, -0.2) is 0 Å². The van der Waals surface area contributed by atoms with Crippen molar-refractivity contribution in [2.75, 3.05) is 13.6 Å². The Kier molecular flexibility index (Phi) is 6.21. The Morgan fingerprint density at radius 2 is 1.59 bits per heavy atom. The second-order valence-corrected chi connectivity index (χ2v) is 15.3. The molecule has 0 aromatic heterocycles. The Morgan fingerprint density at radius 3 is 2.29 bits per heavy atom. The molecule has 0 spiro atoms. The van der Waals surface area contributed by atoms with Crippen LogP contribution in [0.25, 0.3) is 0 Å². The van der Waals surface area contributed by atoms with Crippen molar-refractivity contribution in [3.05, 3.63) is 12.2 Å². The van der Waals surface area contributed by atoms with Crippen molar-refractivity contribution in [2.45, 2.75) is 119 Å². The lowest BCUT2D eigenvalue weighted by Gasteiger charge is -2.72. The molecule has 5 rings (SSSR count). The van der Waals surface area contributed by atoms with Crippen LogP contribution in [0.5, 0.6) is 0 Å². The Labute approximate surface area is 211 Å². The van der Waals surface area contributed by atoms with Gasteiger partial charge in [-0.3, -0.25) is 10.9 Å². The highest BCUT2D eigenvalue weighted by atomic mass is 15.3. The molecule has 0 aromatic rings. The molecule has 0 heterocycles. The molecule has 0 aliphatic heterocycles. The van der Waals surface area contributed by atoms with E-state index in [1.54, 1.807) is 0 Å². The van der Waals surface area contributed by atoms with E-state index in [1.807, 2.05) is 7.05 Å². The predicted octanol–water partition coefficient (Wildman–Crippen LogP) is 8.15. The first-order chi connectivity index (χ1) is 16.0. The summed E-state index contributed by atoms with van der Waals surface area (Å²) in [4.78, 5) is 0. The fraction of sp³-hybridized carbons (Fsp3) is 0.938. The molecule has 5 saturated carbocycles. The van der Waals surface area contributed by atoms with Crippen LogP contribution in [0.3, 0.4) is 0 Å². The summed E-state index contributed by atoms with van der Waals surface area (Å²) >= 11 is 0. The zero-order chi connectivity index (χ0) is 24.6. The van der Waals surface area contributed by atoms with Crippen LogP contribution in [0.2, 0.25) is 0 Å². The fourth-order valence-electron chi connectivity index (χ4n) is 12.2. The van der Waals surface area contributed by atoms with Crippen molar-refractivity contribution in [1.82, 2.24) is 10.9 Å². The highest BCUT2D eigenvalue weighted by Gasteiger charge is 2.70. The number of hydrogen-bond donors (Lipinski definition) is 2. The Balaban J connectivity index is 1.51. The van der Waals surface area contributed by atoms with Gasteiger partial charge in [0.25, 0.3) is 0 Å². The maximum absolute atomic E-state index is 4.57. The highest BCUT2D eigenvalue weighted by molar-refractivity contribution is 5.21. The molecule has 5 aliphatic rings. The third-order valence-corrected chi connectivity index (χ3v) is 13.9. The van der Waals surface area contributed by atoms with Gasteiger partial charge in [0.2, 0.25) is 0 Å². The van der Waals surface area contributed by atoms with Crippen LogP contribution >= 0.6 is 0 Å². The topological polar surface area (TPSA) is 24.1 Å². The number of hydrazine groups is 1. The van der Waals surface area contributed by atoms with Crippen molar-refractivity contribution < 1.29 is 0 Å². The van der Waals surface area contributed by atoms with Gasteiger partial charge in [-0.2, -0.15) is 0 Å². The molecule has 34 heavy (non-hydrogen) atoms. The quantitative estimate of drug-likeness (QED) is 0.242. The zero-order valence-corrected chi connectivity index (χ0v) is 23.8. The van der Waals surface area contributed by atoms with Crippen molar-refractivity contribution in [3.63, 3.8) is 0 Å². The molecule has 5 aliphatic carbocycles. The van der Waals surface area contributed by atoms with Crippen molar-refractivity contribution in [2.24, 2.45) is 56.7 Å². The molecular formula is C32H56N2. The molecule has 0 bridgehead atoms. The maximum atomic E-state index is 4.57. The second kappa shape index (κ2) is 8.34. The first-order valence-electron chi connectivity index (χ1n) is 15.0. The van der Waals surface area contributed by atoms with Crippen LogP contribution < -0.4 is 10.9 Å². The third-order valence-electron chi connectivity index (χ3n) is 13.9. The van der Waals surface area contributed by atoms with Gasteiger partial charge in [-0.15, -0.1) is 0 Å². The number of allylic oxidation sites excluding steroid dienone is 1. The minimum absolute atomic E-state index is 0.494. The van der Waals surface area contributed by atoms with E-state index in [1.165, 1.54) is 82.6 Å². The van der Waals surface area contributed by atoms with Gasteiger partial charge in [-0.1, -0.05) is 53.2 Å². The molecule has 2 N–H and O–H groups in total. The highest BCUT2D eigenvalue weighted by Crippen LogP contribution is 2.77. The standard InChI is InChI=1S/C32H56N2/c1-22(2)23-12-17-32(20-21-34-33-8)19-18-30(6)24(27(23)32)10-11-26-29(5)15-9-14-28(3,4)25(29)13-16-31(26,30)7/h23-27,33-34H,1,9-21H2,2-8H3. The van der Waals surface area contributed by atoms with Crippen LogP contribution in [-0.4, -0.2) is 13.6 Å². The minimum Gasteiger partial charge on any atom is -0.261 e. The van der Waals surface area contributed by atoms with Gasteiger partial charge < -0.3 is 0 Å². The lowest BCUT2D eigenvalue weighted by Crippen LogP contribution is -2.65. The summed E-state index contributed by atoms with van der Waals surface area (Å²) in [6.45, 7) is 21.6. The Hall–Kier alpha value is -0.340. The van der Waals surface area contributed by atoms with E-state index in [0.717, 1.165) is 36.1 Å². The number of nitrogens with one attached hydrogen (secondary N) is 2. The number of fused-ring (bicyclic) bond motifs is 7. The summed E-state index contributed by atoms with van der Waals surface area (Å²) < 4.78 is 0. The van der Waals surface area contributed by atoms with E-state index < -0.39 is 0 Å². The van der Waals surface area contributed by atoms with Gasteiger partial charge in [0.1, 0.15) is 0 Å². The minimum atomic E-state index is 0.494. The van der Waals surface area contributed by atoms with E-state index in [-0.39, 0.29) is 0 Å².